The van der Waals surface area contributed by atoms with Crippen molar-refractivity contribution >= 4 is 23.2 Å². The Morgan fingerprint density at radius 1 is 1.44 bits per heavy atom. The van der Waals surface area contributed by atoms with E-state index in [2.05, 4.69) is 10.3 Å². The van der Waals surface area contributed by atoms with Crippen LogP contribution >= 0.6 is 11.6 Å². The van der Waals surface area contributed by atoms with Gasteiger partial charge in [-0.25, -0.2) is 4.79 Å². The van der Waals surface area contributed by atoms with Crippen LogP contribution in [0.25, 0.3) is 0 Å². The first-order valence-electron chi connectivity index (χ1n) is 7.97. The largest absolute Gasteiger partial charge is 0.376 e. The van der Waals surface area contributed by atoms with Gasteiger partial charge in [0, 0.05) is 23.5 Å². The van der Waals surface area contributed by atoms with E-state index >= 15 is 0 Å². The van der Waals surface area contributed by atoms with Gasteiger partial charge < -0.3 is 15.0 Å². The van der Waals surface area contributed by atoms with E-state index < -0.39 is 17.2 Å². The molecule has 0 aliphatic carbocycles. The van der Waals surface area contributed by atoms with Gasteiger partial charge in [0.05, 0.1) is 12.6 Å². The SMILES string of the molecule is Cc1cc(Cl)ccc1NC(=O)c1c[nH]c(=O)n(CC2CCCO2)c1=O. The van der Waals surface area contributed by atoms with Crippen LogP contribution < -0.4 is 16.6 Å². The highest BCUT2D eigenvalue weighted by Gasteiger charge is 2.21. The van der Waals surface area contributed by atoms with Crippen molar-refractivity contribution in [2.24, 2.45) is 0 Å². The Bertz CT molecular complexity index is 913. The molecule has 1 aromatic carbocycles. The number of carbonyl (C=O) groups excluding carboxylic acids is 1. The molecule has 2 aromatic rings. The molecule has 1 aliphatic rings. The topological polar surface area (TPSA) is 93.2 Å². The summed E-state index contributed by atoms with van der Waals surface area (Å²) in [6.07, 6.45) is 2.63. The number of nitrogens with one attached hydrogen (secondary N) is 2. The van der Waals surface area contributed by atoms with Gasteiger partial charge in [0.1, 0.15) is 5.56 Å². The maximum Gasteiger partial charge on any atom is 0.328 e. The van der Waals surface area contributed by atoms with Gasteiger partial charge in [0.2, 0.25) is 0 Å². The number of hydrogen-bond acceptors (Lipinski definition) is 4. The van der Waals surface area contributed by atoms with Crippen LogP contribution in [0.2, 0.25) is 5.02 Å². The van der Waals surface area contributed by atoms with Crippen LogP contribution in [-0.4, -0.2) is 28.2 Å². The first kappa shape index (κ1) is 17.4. The number of benzene rings is 1. The number of amides is 1. The number of ether oxygens (including phenoxy) is 1. The van der Waals surface area contributed by atoms with E-state index in [4.69, 9.17) is 16.3 Å². The first-order valence-corrected chi connectivity index (χ1v) is 8.35. The van der Waals surface area contributed by atoms with Crippen LogP contribution in [0, 0.1) is 6.92 Å². The molecule has 0 bridgehead atoms. The summed E-state index contributed by atoms with van der Waals surface area (Å²) in [5.41, 5.74) is -0.00864. The van der Waals surface area contributed by atoms with Gasteiger partial charge in [-0.15, -0.1) is 0 Å². The molecule has 25 heavy (non-hydrogen) atoms. The van der Waals surface area contributed by atoms with E-state index in [9.17, 15) is 14.4 Å². The number of hydrogen-bond donors (Lipinski definition) is 2. The molecule has 0 radical (unpaired) electrons. The second kappa shape index (κ2) is 7.25. The molecule has 0 saturated carbocycles. The summed E-state index contributed by atoms with van der Waals surface area (Å²) < 4.78 is 6.48. The Morgan fingerprint density at radius 3 is 2.92 bits per heavy atom. The van der Waals surface area contributed by atoms with Crippen molar-refractivity contribution < 1.29 is 9.53 Å². The molecular formula is C17H18ClN3O4. The summed E-state index contributed by atoms with van der Waals surface area (Å²) in [4.78, 5) is 39.4. The Kier molecular flexibility index (Phi) is 5.06. The van der Waals surface area contributed by atoms with Crippen molar-refractivity contribution in [3.63, 3.8) is 0 Å². The average Bonchev–Trinajstić information content (AvgIpc) is 3.07. The lowest BCUT2D eigenvalue weighted by atomic mass is 10.2. The van der Waals surface area contributed by atoms with E-state index in [0.717, 1.165) is 29.2 Å². The summed E-state index contributed by atoms with van der Waals surface area (Å²) in [5, 5.41) is 3.22. The van der Waals surface area contributed by atoms with Crippen molar-refractivity contribution in [1.29, 1.82) is 0 Å². The number of H-pyrrole nitrogens is 1. The molecule has 1 saturated heterocycles. The Hall–Kier alpha value is -2.38. The molecule has 1 aromatic heterocycles. The van der Waals surface area contributed by atoms with Gasteiger partial charge in [-0.2, -0.15) is 0 Å². The van der Waals surface area contributed by atoms with E-state index in [0.29, 0.717) is 17.3 Å². The molecule has 1 unspecified atom stereocenters. The highest BCUT2D eigenvalue weighted by molar-refractivity contribution is 6.30. The van der Waals surface area contributed by atoms with Gasteiger partial charge in [0.25, 0.3) is 11.5 Å². The zero-order chi connectivity index (χ0) is 18.0. The fourth-order valence-corrected chi connectivity index (χ4v) is 3.02. The van der Waals surface area contributed by atoms with Crippen molar-refractivity contribution in [2.75, 3.05) is 11.9 Å². The minimum Gasteiger partial charge on any atom is -0.376 e. The van der Waals surface area contributed by atoms with Crippen LogP contribution in [0.15, 0.2) is 34.0 Å². The molecule has 1 atom stereocenters. The Balaban J connectivity index is 1.87. The third kappa shape index (κ3) is 3.83. The van der Waals surface area contributed by atoms with Crippen LogP contribution in [0.4, 0.5) is 5.69 Å². The molecule has 2 N–H and O–H groups in total. The molecule has 1 fully saturated rings. The second-order valence-corrected chi connectivity index (χ2v) is 6.41. The monoisotopic (exact) mass is 363 g/mol. The average molecular weight is 364 g/mol. The highest BCUT2D eigenvalue weighted by Crippen LogP contribution is 2.20. The van der Waals surface area contributed by atoms with E-state index in [1.54, 1.807) is 25.1 Å². The third-order valence-corrected chi connectivity index (χ3v) is 4.39. The van der Waals surface area contributed by atoms with Crippen LogP contribution in [-0.2, 0) is 11.3 Å². The predicted molar refractivity (Wildman–Crippen MR) is 94.4 cm³/mol. The van der Waals surface area contributed by atoms with Crippen molar-refractivity contribution in [3.8, 4) is 0 Å². The normalized spacial score (nSPS) is 16.8. The van der Waals surface area contributed by atoms with Crippen molar-refractivity contribution in [2.45, 2.75) is 32.4 Å². The molecule has 8 heteroatoms. The number of halogens is 1. The second-order valence-electron chi connectivity index (χ2n) is 5.97. The Morgan fingerprint density at radius 2 is 2.24 bits per heavy atom. The van der Waals surface area contributed by atoms with Crippen LogP contribution in [0.3, 0.4) is 0 Å². The van der Waals surface area contributed by atoms with Crippen LogP contribution in [0.5, 0.6) is 0 Å². The first-order chi connectivity index (χ1) is 12.0. The van der Waals surface area contributed by atoms with Gasteiger partial charge >= 0.3 is 5.69 Å². The summed E-state index contributed by atoms with van der Waals surface area (Å²) in [6, 6.07) is 5.01. The maximum atomic E-state index is 12.6. The minimum absolute atomic E-state index is 0.132. The minimum atomic E-state index is -0.636. The summed E-state index contributed by atoms with van der Waals surface area (Å²) >= 11 is 5.90. The summed E-state index contributed by atoms with van der Waals surface area (Å²) in [5.74, 6) is -0.590. The van der Waals surface area contributed by atoms with E-state index in [1.807, 2.05) is 0 Å². The lowest BCUT2D eigenvalue weighted by molar-refractivity contribution is 0.0941. The smallest absolute Gasteiger partial charge is 0.328 e. The van der Waals surface area contributed by atoms with Gasteiger partial charge in [-0.1, -0.05) is 11.6 Å². The van der Waals surface area contributed by atoms with Crippen LogP contribution in [0.1, 0.15) is 28.8 Å². The fourth-order valence-electron chi connectivity index (χ4n) is 2.79. The Labute approximate surface area is 148 Å². The number of nitrogens with zero attached hydrogens (tertiary/aromatic N) is 1. The molecule has 0 spiro atoms. The molecule has 2 heterocycles. The number of anilines is 1. The van der Waals surface area contributed by atoms with E-state index in [-0.39, 0.29) is 18.2 Å². The zero-order valence-electron chi connectivity index (χ0n) is 13.7. The zero-order valence-corrected chi connectivity index (χ0v) is 14.4. The number of rotatable bonds is 4. The summed E-state index contributed by atoms with van der Waals surface area (Å²) in [6.45, 7) is 2.55. The molecule has 1 amide bonds. The number of aryl methyl sites for hydroxylation is 1. The lowest BCUT2D eigenvalue weighted by Gasteiger charge is -2.12. The van der Waals surface area contributed by atoms with Crippen molar-refractivity contribution in [3.05, 3.63) is 61.4 Å². The number of carbonyl (C=O) groups is 1. The van der Waals surface area contributed by atoms with Gasteiger partial charge in [0.15, 0.2) is 0 Å². The fraction of sp³-hybridized carbons (Fsp3) is 0.353. The predicted octanol–water partition coefficient (Wildman–Crippen LogP) is 1.93. The number of aromatic amines is 1. The van der Waals surface area contributed by atoms with Gasteiger partial charge in [-0.05, 0) is 43.5 Å². The molecular weight excluding hydrogens is 346 g/mol. The van der Waals surface area contributed by atoms with E-state index in [1.165, 1.54) is 0 Å². The maximum absolute atomic E-state index is 12.6. The molecule has 1 aliphatic heterocycles. The standard InChI is InChI=1S/C17H18ClN3O4/c1-10-7-11(18)4-5-14(10)20-15(22)13-8-19-17(24)21(16(13)23)9-12-3-2-6-25-12/h4-5,7-8,12H,2-3,6,9H2,1H3,(H,19,24)(H,20,22). The van der Waals surface area contributed by atoms with Gasteiger partial charge in [-0.3, -0.25) is 14.2 Å². The highest BCUT2D eigenvalue weighted by atomic mass is 35.5. The number of aromatic nitrogens is 2. The molecule has 132 valence electrons. The lowest BCUT2D eigenvalue weighted by Crippen LogP contribution is -2.41. The summed E-state index contributed by atoms with van der Waals surface area (Å²) in [7, 11) is 0. The molecule has 3 rings (SSSR count). The third-order valence-electron chi connectivity index (χ3n) is 4.15. The quantitative estimate of drug-likeness (QED) is 0.868. The van der Waals surface area contributed by atoms with Crippen molar-refractivity contribution in [1.82, 2.24) is 9.55 Å². The molecule has 7 nitrogen and oxygen atoms in total.